The van der Waals surface area contributed by atoms with Crippen LogP contribution in [0.2, 0.25) is 0 Å². The second kappa shape index (κ2) is 2.27. The van der Waals surface area contributed by atoms with E-state index in [0.29, 0.717) is 5.41 Å². The molecule has 1 heterocycles. The van der Waals surface area contributed by atoms with Crippen LogP contribution in [0.25, 0.3) is 0 Å². The van der Waals surface area contributed by atoms with Crippen molar-refractivity contribution >= 4 is 5.78 Å². The van der Waals surface area contributed by atoms with Crippen molar-refractivity contribution < 1.29 is 9.53 Å². The smallest absolute Gasteiger partial charge is 0.190 e. The Kier molecular flexibility index (Phi) is 1.38. The van der Waals surface area contributed by atoms with Gasteiger partial charge in [-0.3, -0.25) is 4.79 Å². The molecule has 2 nitrogen and oxygen atoms in total. The Morgan fingerprint density at radius 1 is 1.24 bits per heavy atom. The maximum absolute atomic E-state index is 12.1. The van der Waals surface area contributed by atoms with Crippen LogP contribution in [0, 0.1) is 16.7 Å². The van der Waals surface area contributed by atoms with Crippen molar-refractivity contribution in [1.82, 2.24) is 0 Å². The van der Waals surface area contributed by atoms with Crippen molar-refractivity contribution in [1.29, 1.82) is 0 Å². The summed E-state index contributed by atoms with van der Waals surface area (Å²) in [7, 11) is 0. The van der Waals surface area contributed by atoms with E-state index >= 15 is 0 Å². The zero-order valence-corrected chi connectivity index (χ0v) is 11.1. The van der Waals surface area contributed by atoms with E-state index in [1.54, 1.807) is 0 Å². The Labute approximate surface area is 102 Å². The summed E-state index contributed by atoms with van der Waals surface area (Å²) < 4.78 is 6.00. The molecule has 1 saturated heterocycles. The van der Waals surface area contributed by atoms with E-state index in [2.05, 4.69) is 20.8 Å². The second-order valence-electron chi connectivity index (χ2n) is 7.75. The summed E-state index contributed by atoms with van der Waals surface area (Å²) in [5.74, 6) is 0.972. The Bertz CT molecular complexity index is 489. The van der Waals surface area contributed by atoms with Gasteiger partial charge in [-0.2, -0.15) is 0 Å². The molecule has 0 N–H and O–H groups in total. The number of hydrogen-bond donors (Lipinski definition) is 0. The first-order valence-corrected chi connectivity index (χ1v) is 6.71. The largest absolute Gasteiger partial charge is 0.349 e. The molecule has 1 aliphatic heterocycles. The molecule has 0 aromatic rings. The number of ketones is 1. The molecule has 4 rings (SSSR count). The van der Waals surface area contributed by atoms with Crippen LogP contribution in [0.5, 0.6) is 0 Å². The van der Waals surface area contributed by atoms with Gasteiger partial charge in [0.2, 0.25) is 0 Å². The number of carbonyl (C=O) groups excluding carboxylic acids is 1. The third kappa shape index (κ3) is 0.929. The highest BCUT2D eigenvalue weighted by molar-refractivity contribution is 6.06. The highest BCUT2D eigenvalue weighted by Gasteiger charge is 2.81. The number of fused-ring (bicyclic) bond motifs is 2. The van der Waals surface area contributed by atoms with E-state index in [4.69, 9.17) is 4.74 Å². The van der Waals surface area contributed by atoms with Gasteiger partial charge in [0.15, 0.2) is 11.4 Å². The van der Waals surface area contributed by atoms with Crippen LogP contribution < -0.4 is 0 Å². The van der Waals surface area contributed by atoms with Gasteiger partial charge in [0.25, 0.3) is 0 Å². The van der Waals surface area contributed by atoms with Crippen LogP contribution in [-0.2, 0) is 9.53 Å². The monoisotopic (exact) mass is 232 g/mol. The Morgan fingerprint density at radius 3 is 2.59 bits per heavy atom. The average molecular weight is 232 g/mol. The van der Waals surface area contributed by atoms with Gasteiger partial charge >= 0.3 is 0 Å². The Morgan fingerprint density at radius 2 is 1.94 bits per heavy atom. The number of epoxide rings is 1. The van der Waals surface area contributed by atoms with Gasteiger partial charge in [0.05, 0.1) is 0 Å². The molecule has 1 spiro atoms. The molecule has 3 aliphatic carbocycles. The summed E-state index contributed by atoms with van der Waals surface area (Å²) in [5.41, 5.74) is 1.14. The van der Waals surface area contributed by atoms with E-state index in [-0.39, 0.29) is 16.8 Å². The van der Waals surface area contributed by atoms with E-state index in [0.717, 1.165) is 12.3 Å². The molecule has 0 aromatic heterocycles. The van der Waals surface area contributed by atoms with Gasteiger partial charge in [-0.15, -0.1) is 0 Å². The zero-order valence-electron chi connectivity index (χ0n) is 11.1. The van der Waals surface area contributed by atoms with Crippen molar-refractivity contribution in [3.63, 3.8) is 0 Å². The predicted molar refractivity (Wildman–Crippen MR) is 64.5 cm³/mol. The molecule has 0 unspecified atom stereocenters. The highest BCUT2D eigenvalue weighted by atomic mass is 16.6. The van der Waals surface area contributed by atoms with Crippen molar-refractivity contribution in [2.45, 2.75) is 58.2 Å². The van der Waals surface area contributed by atoms with Crippen LogP contribution in [0.4, 0.5) is 0 Å². The van der Waals surface area contributed by atoms with Crippen molar-refractivity contribution in [3.8, 4) is 0 Å². The lowest BCUT2D eigenvalue weighted by Crippen LogP contribution is -2.31. The fourth-order valence-electron chi connectivity index (χ4n) is 4.69. The fraction of sp³-hybridized carbons (Fsp3) is 0.800. The zero-order chi connectivity index (χ0) is 12.3. The number of ether oxygens (including phenoxy) is 1. The van der Waals surface area contributed by atoms with Gasteiger partial charge in [0.1, 0.15) is 5.60 Å². The molecule has 0 radical (unpaired) electrons. The molecular weight excluding hydrogens is 212 g/mol. The summed E-state index contributed by atoms with van der Waals surface area (Å²) in [6.45, 7) is 8.97. The molecule has 2 saturated carbocycles. The average Bonchev–Trinajstić information content (AvgIpc) is 2.96. The first kappa shape index (κ1) is 10.3. The first-order valence-electron chi connectivity index (χ1n) is 6.71. The minimum Gasteiger partial charge on any atom is -0.349 e. The minimum absolute atomic E-state index is 0.206. The second-order valence-corrected chi connectivity index (χ2v) is 7.75. The quantitative estimate of drug-likeness (QED) is 0.601. The summed E-state index contributed by atoms with van der Waals surface area (Å²) in [5, 5.41) is 0. The topological polar surface area (TPSA) is 29.6 Å². The number of hydrogen-bond acceptors (Lipinski definition) is 2. The van der Waals surface area contributed by atoms with Crippen LogP contribution in [0.1, 0.15) is 47.0 Å². The standard InChI is InChI=1S/C15H20O2/c1-12(2)6-9-7-13(9,3)10-5-11(16)14(4)15(10,8-12)17-14/h5,9H,6-8H2,1-4H3/t9-,13-,14-,15+/m0/s1. The summed E-state index contributed by atoms with van der Waals surface area (Å²) in [6.07, 6.45) is 5.46. The van der Waals surface area contributed by atoms with E-state index < -0.39 is 5.60 Å². The molecule has 4 aliphatic rings. The molecule has 0 bridgehead atoms. The van der Waals surface area contributed by atoms with E-state index in [1.807, 2.05) is 13.0 Å². The third-order valence-corrected chi connectivity index (χ3v) is 5.84. The van der Waals surface area contributed by atoms with Gasteiger partial charge in [-0.1, -0.05) is 20.8 Å². The van der Waals surface area contributed by atoms with Gasteiger partial charge < -0.3 is 4.74 Å². The number of rotatable bonds is 0. The van der Waals surface area contributed by atoms with Crippen molar-refractivity contribution in [2.75, 3.05) is 0 Å². The molecule has 4 atom stereocenters. The van der Waals surface area contributed by atoms with E-state index in [9.17, 15) is 4.79 Å². The van der Waals surface area contributed by atoms with Gasteiger partial charge in [-0.05, 0) is 54.6 Å². The maximum atomic E-state index is 12.1. The summed E-state index contributed by atoms with van der Waals surface area (Å²) >= 11 is 0. The van der Waals surface area contributed by atoms with Crippen LogP contribution in [0.3, 0.4) is 0 Å². The third-order valence-electron chi connectivity index (χ3n) is 5.84. The molecular formula is C15H20O2. The van der Waals surface area contributed by atoms with Crippen LogP contribution in [0.15, 0.2) is 11.6 Å². The lowest BCUT2D eigenvalue weighted by molar-refractivity contribution is -0.118. The summed E-state index contributed by atoms with van der Waals surface area (Å²) in [4.78, 5) is 12.1. The van der Waals surface area contributed by atoms with E-state index in [1.165, 1.54) is 18.4 Å². The first-order chi connectivity index (χ1) is 7.74. The lowest BCUT2D eigenvalue weighted by atomic mass is 9.75. The van der Waals surface area contributed by atoms with Crippen molar-refractivity contribution in [2.24, 2.45) is 16.7 Å². The summed E-state index contributed by atoms with van der Waals surface area (Å²) in [6, 6.07) is 0. The lowest BCUT2D eigenvalue weighted by Gasteiger charge is -2.27. The maximum Gasteiger partial charge on any atom is 0.190 e. The minimum atomic E-state index is -0.514. The molecule has 3 fully saturated rings. The van der Waals surface area contributed by atoms with Gasteiger partial charge in [-0.25, -0.2) is 0 Å². The van der Waals surface area contributed by atoms with Crippen LogP contribution in [-0.4, -0.2) is 17.0 Å². The molecule has 17 heavy (non-hydrogen) atoms. The number of carbonyl (C=O) groups is 1. The van der Waals surface area contributed by atoms with Gasteiger partial charge in [0, 0.05) is 0 Å². The SMILES string of the molecule is CC1(C)C[C@H]2C[C@]2(C)C2=CC(=O)[C@]3(C)O[C@]23C1. The molecule has 92 valence electrons. The predicted octanol–water partition coefficient (Wildman–Crippen LogP) is 2.87. The molecule has 0 aromatic carbocycles. The van der Waals surface area contributed by atoms with Crippen molar-refractivity contribution in [3.05, 3.63) is 11.6 Å². The fourth-order valence-corrected chi connectivity index (χ4v) is 4.69. The highest BCUT2D eigenvalue weighted by Crippen LogP contribution is 2.76. The molecule has 0 amide bonds. The molecule has 2 heteroatoms. The normalized spacial score (nSPS) is 57.5. The Hall–Kier alpha value is -0.630. The van der Waals surface area contributed by atoms with Crippen LogP contribution >= 0.6 is 0 Å². The Balaban J connectivity index is 1.89.